The first-order valence-corrected chi connectivity index (χ1v) is 5.46. The minimum Gasteiger partial charge on any atom is -0.330 e. The molecular formula is C12H18ClN. The molecule has 1 unspecified atom stereocenters. The monoisotopic (exact) mass is 211 g/mol. The number of benzene rings is 1. The lowest BCUT2D eigenvalue weighted by Crippen LogP contribution is -2.14. The molecule has 1 rings (SSSR count). The van der Waals surface area contributed by atoms with Crippen molar-refractivity contribution in [3.63, 3.8) is 0 Å². The third kappa shape index (κ3) is 3.32. The first kappa shape index (κ1) is 11.5. The van der Waals surface area contributed by atoms with Crippen molar-refractivity contribution in [2.24, 2.45) is 11.7 Å². The van der Waals surface area contributed by atoms with Gasteiger partial charge in [-0.3, -0.25) is 0 Å². The Hall–Kier alpha value is -0.530. The number of rotatable bonds is 4. The summed E-state index contributed by atoms with van der Waals surface area (Å²) in [5, 5.41) is 0.796. The summed E-state index contributed by atoms with van der Waals surface area (Å²) in [5.74, 6) is 1.11. The average molecular weight is 212 g/mol. The van der Waals surface area contributed by atoms with Gasteiger partial charge in [-0.25, -0.2) is 0 Å². The fraction of sp³-hybridized carbons (Fsp3) is 0.500. The van der Waals surface area contributed by atoms with Crippen molar-refractivity contribution in [3.05, 3.63) is 34.9 Å². The Kier molecular flexibility index (Phi) is 4.43. The largest absolute Gasteiger partial charge is 0.330 e. The number of halogens is 1. The van der Waals surface area contributed by atoms with E-state index in [-0.39, 0.29) is 0 Å². The predicted molar refractivity (Wildman–Crippen MR) is 62.7 cm³/mol. The minimum absolute atomic E-state index is 0.439. The first-order valence-electron chi connectivity index (χ1n) is 5.09. The van der Waals surface area contributed by atoms with Gasteiger partial charge in [-0.1, -0.05) is 37.6 Å². The SMILES string of the molecule is CC(C)CC(CN)c1cccc(Cl)c1. The molecule has 0 bridgehead atoms. The van der Waals surface area contributed by atoms with Crippen LogP contribution in [-0.2, 0) is 0 Å². The number of hydrogen-bond acceptors (Lipinski definition) is 1. The second kappa shape index (κ2) is 5.38. The van der Waals surface area contributed by atoms with Crippen molar-refractivity contribution in [2.75, 3.05) is 6.54 Å². The van der Waals surface area contributed by atoms with Crippen molar-refractivity contribution >= 4 is 11.6 Å². The summed E-state index contributed by atoms with van der Waals surface area (Å²) in [7, 11) is 0. The van der Waals surface area contributed by atoms with Crippen LogP contribution in [0.25, 0.3) is 0 Å². The molecule has 14 heavy (non-hydrogen) atoms. The van der Waals surface area contributed by atoms with E-state index in [1.165, 1.54) is 5.56 Å². The van der Waals surface area contributed by atoms with Crippen LogP contribution in [0.3, 0.4) is 0 Å². The molecule has 1 aromatic rings. The zero-order chi connectivity index (χ0) is 10.6. The van der Waals surface area contributed by atoms with E-state index >= 15 is 0 Å². The summed E-state index contributed by atoms with van der Waals surface area (Å²) in [6.07, 6.45) is 1.12. The predicted octanol–water partition coefficient (Wildman–Crippen LogP) is 3.43. The Morgan fingerprint density at radius 2 is 2.07 bits per heavy atom. The summed E-state index contributed by atoms with van der Waals surface area (Å²) in [6, 6.07) is 8.00. The fourth-order valence-corrected chi connectivity index (χ4v) is 1.90. The maximum atomic E-state index is 5.94. The lowest BCUT2D eigenvalue weighted by molar-refractivity contribution is 0.504. The molecular weight excluding hydrogens is 194 g/mol. The molecule has 0 saturated carbocycles. The van der Waals surface area contributed by atoms with E-state index in [0.717, 1.165) is 11.4 Å². The molecule has 1 aromatic carbocycles. The zero-order valence-corrected chi connectivity index (χ0v) is 9.59. The molecule has 0 spiro atoms. The van der Waals surface area contributed by atoms with Gasteiger partial charge >= 0.3 is 0 Å². The highest BCUT2D eigenvalue weighted by Gasteiger charge is 2.11. The Balaban J connectivity index is 2.78. The summed E-state index contributed by atoms with van der Waals surface area (Å²) in [4.78, 5) is 0. The molecule has 0 aliphatic rings. The molecule has 0 aliphatic heterocycles. The molecule has 0 heterocycles. The minimum atomic E-state index is 0.439. The van der Waals surface area contributed by atoms with E-state index in [2.05, 4.69) is 19.9 Å². The normalized spacial score (nSPS) is 13.2. The second-order valence-electron chi connectivity index (χ2n) is 4.12. The summed E-state index contributed by atoms with van der Waals surface area (Å²) in [6.45, 7) is 5.12. The first-order chi connectivity index (χ1) is 6.63. The topological polar surface area (TPSA) is 26.0 Å². The summed E-state index contributed by atoms with van der Waals surface area (Å²) >= 11 is 5.94. The molecule has 0 fully saturated rings. The van der Waals surface area contributed by atoms with Crippen molar-refractivity contribution in [3.8, 4) is 0 Å². The zero-order valence-electron chi connectivity index (χ0n) is 8.83. The van der Waals surface area contributed by atoms with Gasteiger partial charge in [-0.15, -0.1) is 0 Å². The summed E-state index contributed by atoms with van der Waals surface area (Å²) in [5.41, 5.74) is 7.02. The van der Waals surface area contributed by atoms with Gasteiger partial charge < -0.3 is 5.73 Å². The van der Waals surface area contributed by atoms with Crippen LogP contribution >= 0.6 is 11.6 Å². The average Bonchev–Trinajstić information content (AvgIpc) is 2.14. The quantitative estimate of drug-likeness (QED) is 0.812. The highest BCUT2D eigenvalue weighted by Crippen LogP contribution is 2.24. The van der Waals surface area contributed by atoms with Crippen molar-refractivity contribution in [2.45, 2.75) is 26.2 Å². The maximum Gasteiger partial charge on any atom is 0.0408 e. The third-order valence-corrected chi connectivity index (χ3v) is 2.60. The van der Waals surface area contributed by atoms with Crippen LogP contribution in [-0.4, -0.2) is 6.54 Å². The van der Waals surface area contributed by atoms with E-state index in [0.29, 0.717) is 18.4 Å². The lowest BCUT2D eigenvalue weighted by atomic mass is 9.90. The highest BCUT2D eigenvalue weighted by atomic mass is 35.5. The van der Waals surface area contributed by atoms with Crippen molar-refractivity contribution in [1.82, 2.24) is 0 Å². The second-order valence-corrected chi connectivity index (χ2v) is 4.55. The molecule has 2 heteroatoms. The Morgan fingerprint density at radius 1 is 1.36 bits per heavy atom. The standard InChI is InChI=1S/C12H18ClN/c1-9(2)6-11(8-14)10-4-3-5-12(13)7-10/h3-5,7,9,11H,6,8,14H2,1-2H3. The Bertz CT molecular complexity index is 283. The number of nitrogens with two attached hydrogens (primary N) is 1. The molecule has 2 N–H and O–H groups in total. The smallest absolute Gasteiger partial charge is 0.0408 e. The van der Waals surface area contributed by atoms with Crippen LogP contribution < -0.4 is 5.73 Å². The Morgan fingerprint density at radius 3 is 2.57 bits per heavy atom. The van der Waals surface area contributed by atoms with Crippen LogP contribution in [0.4, 0.5) is 0 Å². The molecule has 0 saturated heterocycles. The van der Waals surface area contributed by atoms with Crippen molar-refractivity contribution < 1.29 is 0 Å². The van der Waals surface area contributed by atoms with Crippen LogP contribution in [0.2, 0.25) is 5.02 Å². The van der Waals surface area contributed by atoms with Crippen LogP contribution in [0.1, 0.15) is 31.7 Å². The highest BCUT2D eigenvalue weighted by molar-refractivity contribution is 6.30. The molecule has 0 amide bonds. The fourth-order valence-electron chi connectivity index (χ4n) is 1.70. The lowest BCUT2D eigenvalue weighted by Gasteiger charge is -2.17. The molecule has 1 atom stereocenters. The van der Waals surface area contributed by atoms with Crippen LogP contribution in [0.15, 0.2) is 24.3 Å². The van der Waals surface area contributed by atoms with Gasteiger partial charge in [0.25, 0.3) is 0 Å². The van der Waals surface area contributed by atoms with Gasteiger partial charge in [0.2, 0.25) is 0 Å². The molecule has 78 valence electrons. The van der Waals surface area contributed by atoms with E-state index in [4.69, 9.17) is 17.3 Å². The van der Waals surface area contributed by atoms with E-state index in [1.807, 2.05) is 18.2 Å². The summed E-state index contributed by atoms with van der Waals surface area (Å²) < 4.78 is 0. The van der Waals surface area contributed by atoms with Gasteiger partial charge in [0.15, 0.2) is 0 Å². The van der Waals surface area contributed by atoms with Gasteiger partial charge in [0, 0.05) is 5.02 Å². The van der Waals surface area contributed by atoms with E-state index in [1.54, 1.807) is 0 Å². The number of hydrogen-bond donors (Lipinski definition) is 1. The van der Waals surface area contributed by atoms with Gasteiger partial charge in [0.1, 0.15) is 0 Å². The van der Waals surface area contributed by atoms with Gasteiger partial charge in [-0.05, 0) is 42.5 Å². The molecule has 0 aliphatic carbocycles. The van der Waals surface area contributed by atoms with Gasteiger partial charge in [0.05, 0.1) is 0 Å². The molecule has 0 aromatic heterocycles. The van der Waals surface area contributed by atoms with Crippen LogP contribution in [0, 0.1) is 5.92 Å². The maximum absolute atomic E-state index is 5.94. The Labute approximate surface area is 91.3 Å². The third-order valence-electron chi connectivity index (χ3n) is 2.36. The molecule has 0 radical (unpaired) electrons. The van der Waals surface area contributed by atoms with Gasteiger partial charge in [-0.2, -0.15) is 0 Å². The van der Waals surface area contributed by atoms with E-state index < -0.39 is 0 Å². The van der Waals surface area contributed by atoms with Crippen LogP contribution in [0.5, 0.6) is 0 Å². The van der Waals surface area contributed by atoms with E-state index in [9.17, 15) is 0 Å². The van der Waals surface area contributed by atoms with Crippen molar-refractivity contribution in [1.29, 1.82) is 0 Å². The molecule has 1 nitrogen and oxygen atoms in total.